The molecule has 0 spiro atoms. The van der Waals surface area contributed by atoms with Crippen molar-refractivity contribution in [3.05, 3.63) is 69.8 Å². The van der Waals surface area contributed by atoms with E-state index in [1.165, 1.54) is 11.1 Å². The van der Waals surface area contributed by atoms with E-state index in [2.05, 4.69) is 34.6 Å². The van der Waals surface area contributed by atoms with Crippen molar-refractivity contribution in [3.63, 3.8) is 0 Å². The summed E-state index contributed by atoms with van der Waals surface area (Å²) in [5, 5.41) is 5.38. The van der Waals surface area contributed by atoms with Crippen LogP contribution >= 0.6 is 0 Å². The molecule has 3 heterocycles. The van der Waals surface area contributed by atoms with E-state index in [0.29, 0.717) is 31.5 Å². The first-order valence-corrected chi connectivity index (χ1v) is 13.7. The zero-order chi connectivity index (χ0) is 27.6. The monoisotopic (exact) mass is 533 g/mol. The number of hydrogen-bond acceptors (Lipinski definition) is 6. The molecule has 0 saturated carbocycles. The molecule has 0 aliphatic carbocycles. The number of likely N-dealkylation sites (N-methyl/N-ethyl adjacent to an activating group) is 1. The van der Waals surface area contributed by atoms with Crippen LogP contribution in [0, 0.1) is 6.92 Å². The van der Waals surface area contributed by atoms with Crippen LogP contribution in [0.4, 0.5) is 0 Å². The van der Waals surface area contributed by atoms with Crippen LogP contribution in [0.15, 0.2) is 36.4 Å². The lowest BCUT2D eigenvalue weighted by Crippen LogP contribution is -2.61. The van der Waals surface area contributed by atoms with Crippen molar-refractivity contribution < 1.29 is 28.4 Å². The van der Waals surface area contributed by atoms with Crippen LogP contribution in [-0.4, -0.2) is 78.9 Å². The molecule has 2 N–H and O–H groups in total. The molecule has 2 atom stereocenters. The molecular weight excluding hydrogens is 496 g/mol. The van der Waals surface area contributed by atoms with E-state index < -0.39 is 6.04 Å². The molecule has 2 aromatic carbocycles. The van der Waals surface area contributed by atoms with Gasteiger partial charge >= 0.3 is 5.91 Å². The van der Waals surface area contributed by atoms with Crippen molar-refractivity contribution >= 4 is 23.6 Å². The number of rotatable bonds is 8. The van der Waals surface area contributed by atoms with Crippen LogP contribution < -0.4 is 10.6 Å². The third-order valence-electron chi connectivity index (χ3n) is 8.33. The van der Waals surface area contributed by atoms with Gasteiger partial charge in [0.2, 0.25) is 11.8 Å². The second-order valence-corrected chi connectivity index (χ2v) is 11.1. The zero-order valence-corrected chi connectivity index (χ0v) is 22.8. The molecule has 2 saturated heterocycles. The van der Waals surface area contributed by atoms with E-state index in [1.807, 2.05) is 18.2 Å². The molecule has 2 aromatic rings. The number of amides is 4. The maximum atomic E-state index is 13.2. The fourth-order valence-corrected chi connectivity index (χ4v) is 5.93. The predicted molar refractivity (Wildman–Crippen MR) is 145 cm³/mol. The molecule has 9 heteroatoms. The van der Waals surface area contributed by atoms with E-state index in [-0.39, 0.29) is 34.5 Å². The van der Waals surface area contributed by atoms with Crippen LogP contribution in [0.2, 0.25) is 0 Å². The second kappa shape index (κ2) is 11.4. The summed E-state index contributed by atoms with van der Waals surface area (Å²) in [7, 11) is 1.76. The van der Waals surface area contributed by atoms with Crippen LogP contribution in [0.3, 0.4) is 0 Å². The van der Waals surface area contributed by atoms with E-state index in [4.69, 9.17) is 4.74 Å². The standard InChI is InChI=1S/C30H36N4O5/c1-20-3-4-21(15-23(20)9-10-33-11-13-39-14-12-33)17-28(36)31-18-22-5-6-25-24(16-22)19-34(2,30(25)38)26-7-8-27(35)32-29(26)37/h3-6,15-16,26H,7-14,17-19H2,1-2H3,(H-,31,32,35,36,37)/p+1. The average Bonchev–Trinajstić information content (AvgIpc) is 3.17. The fourth-order valence-electron chi connectivity index (χ4n) is 5.93. The van der Waals surface area contributed by atoms with Gasteiger partial charge in [-0.2, -0.15) is 0 Å². The molecule has 5 rings (SSSR count). The number of fused-ring (bicyclic) bond motifs is 1. The van der Waals surface area contributed by atoms with Gasteiger partial charge in [-0.1, -0.05) is 24.3 Å². The molecule has 0 bridgehead atoms. The number of imide groups is 1. The van der Waals surface area contributed by atoms with Gasteiger partial charge in [-0.15, -0.1) is 0 Å². The van der Waals surface area contributed by atoms with Crippen LogP contribution in [0.25, 0.3) is 0 Å². The highest BCUT2D eigenvalue weighted by molar-refractivity contribution is 6.02. The third kappa shape index (κ3) is 5.95. The van der Waals surface area contributed by atoms with Crippen molar-refractivity contribution in [1.82, 2.24) is 15.5 Å². The minimum atomic E-state index is -0.584. The summed E-state index contributed by atoms with van der Waals surface area (Å²) in [6.45, 7) is 7.36. The quantitative estimate of drug-likeness (QED) is 0.395. The first-order valence-electron chi connectivity index (χ1n) is 13.7. The zero-order valence-electron chi connectivity index (χ0n) is 22.8. The van der Waals surface area contributed by atoms with Gasteiger partial charge in [-0.05, 0) is 47.7 Å². The largest absolute Gasteiger partial charge is 0.379 e. The molecule has 3 aliphatic rings. The lowest BCUT2D eigenvalue weighted by atomic mass is 10.00. The number of ether oxygens (including phenoxy) is 1. The minimum Gasteiger partial charge on any atom is -0.379 e. The van der Waals surface area contributed by atoms with Crippen molar-refractivity contribution in [1.29, 1.82) is 0 Å². The SMILES string of the molecule is Cc1ccc(CC(=O)NCc2ccc3c(c2)C[N+](C)(C2CCC(=O)NC2=O)C3=O)cc1CCN1CCOCC1. The third-order valence-corrected chi connectivity index (χ3v) is 8.33. The highest BCUT2D eigenvalue weighted by atomic mass is 16.5. The Hall–Kier alpha value is -3.40. The predicted octanol–water partition coefficient (Wildman–Crippen LogP) is 1.63. The Kier molecular flexibility index (Phi) is 7.93. The smallest absolute Gasteiger partial charge is 0.347 e. The number of nitrogens with one attached hydrogen (secondary N) is 2. The summed E-state index contributed by atoms with van der Waals surface area (Å²) in [5.41, 5.74) is 5.87. The second-order valence-electron chi connectivity index (χ2n) is 11.1. The van der Waals surface area contributed by atoms with Crippen molar-refractivity contribution in [2.24, 2.45) is 0 Å². The van der Waals surface area contributed by atoms with Crippen molar-refractivity contribution in [2.45, 2.75) is 51.7 Å². The number of quaternary nitrogens is 1. The van der Waals surface area contributed by atoms with Crippen molar-refractivity contribution in [2.75, 3.05) is 39.9 Å². The highest BCUT2D eigenvalue weighted by Gasteiger charge is 2.51. The van der Waals surface area contributed by atoms with Gasteiger partial charge in [0.05, 0.1) is 32.2 Å². The number of carbonyl (C=O) groups excluding carboxylic acids is 4. The molecule has 39 heavy (non-hydrogen) atoms. The number of hydrogen-bond donors (Lipinski definition) is 2. The Balaban J connectivity index is 1.17. The first-order chi connectivity index (χ1) is 18.7. The summed E-state index contributed by atoms with van der Waals surface area (Å²) in [5.74, 6) is -0.847. The minimum absolute atomic E-state index is 0.0567. The Morgan fingerprint density at radius 1 is 1.10 bits per heavy atom. The van der Waals surface area contributed by atoms with Gasteiger partial charge < -0.3 is 10.1 Å². The molecule has 4 amide bonds. The fraction of sp³-hybridized carbons (Fsp3) is 0.467. The van der Waals surface area contributed by atoms with Crippen LogP contribution in [0.5, 0.6) is 0 Å². The molecule has 2 fully saturated rings. The Bertz CT molecular complexity index is 1300. The Morgan fingerprint density at radius 2 is 1.87 bits per heavy atom. The summed E-state index contributed by atoms with van der Waals surface area (Å²) >= 11 is 0. The first kappa shape index (κ1) is 27.2. The van der Waals surface area contributed by atoms with Gasteiger partial charge in [0.15, 0.2) is 6.04 Å². The maximum absolute atomic E-state index is 13.2. The van der Waals surface area contributed by atoms with Crippen LogP contribution in [-0.2, 0) is 45.1 Å². The number of piperidine rings is 1. The Labute approximate surface area is 229 Å². The maximum Gasteiger partial charge on any atom is 0.347 e. The topological polar surface area (TPSA) is 105 Å². The van der Waals surface area contributed by atoms with Gasteiger partial charge in [-0.25, -0.2) is 9.28 Å². The number of morpholine rings is 1. The normalized spacial score (nSPS) is 23.4. The van der Waals surface area contributed by atoms with E-state index >= 15 is 0 Å². The number of benzene rings is 2. The summed E-state index contributed by atoms with van der Waals surface area (Å²) in [4.78, 5) is 52.5. The average molecular weight is 534 g/mol. The van der Waals surface area contributed by atoms with Crippen LogP contribution in [0.1, 0.15) is 51.0 Å². The molecule has 9 nitrogen and oxygen atoms in total. The van der Waals surface area contributed by atoms with Crippen molar-refractivity contribution in [3.8, 4) is 0 Å². The van der Waals surface area contributed by atoms with Gasteiger partial charge in [0.25, 0.3) is 5.91 Å². The summed E-state index contributed by atoms with van der Waals surface area (Å²) in [6, 6.07) is 11.2. The summed E-state index contributed by atoms with van der Waals surface area (Å²) in [6.07, 6.45) is 1.85. The molecule has 2 unspecified atom stereocenters. The molecule has 3 aliphatic heterocycles. The Morgan fingerprint density at radius 3 is 2.64 bits per heavy atom. The number of aryl methyl sites for hydroxylation is 1. The van der Waals surface area contributed by atoms with Gasteiger partial charge in [0.1, 0.15) is 6.54 Å². The number of carbonyl (C=O) groups is 4. The van der Waals surface area contributed by atoms with Gasteiger partial charge in [-0.3, -0.25) is 24.6 Å². The van der Waals surface area contributed by atoms with E-state index in [9.17, 15) is 19.2 Å². The molecule has 206 valence electrons. The highest BCUT2D eigenvalue weighted by Crippen LogP contribution is 2.34. The molecule has 0 radical (unpaired) electrons. The molecular formula is C30H37N4O5+. The lowest BCUT2D eigenvalue weighted by molar-refractivity contribution is -0.855. The van der Waals surface area contributed by atoms with Gasteiger partial charge in [0, 0.05) is 44.6 Å². The van der Waals surface area contributed by atoms with E-state index in [0.717, 1.165) is 56.0 Å². The lowest BCUT2D eigenvalue weighted by Gasteiger charge is -2.35. The number of nitrogens with zero attached hydrogens (tertiary/aromatic N) is 2. The molecule has 0 aromatic heterocycles. The van der Waals surface area contributed by atoms with E-state index in [1.54, 1.807) is 13.1 Å². The summed E-state index contributed by atoms with van der Waals surface area (Å²) < 4.78 is 5.37.